The minimum atomic E-state index is -3.47. The molecule has 0 bridgehead atoms. The maximum absolute atomic E-state index is 12.5. The van der Waals surface area contributed by atoms with E-state index in [1.54, 1.807) is 0 Å². The highest BCUT2D eigenvalue weighted by atomic mass is 35.5. The molecule has 2 fully saturated rings. The molecule has 0 aromatic heterocycles. The molecule has 0 aromatic rings. The van der Waals surface area contributed by atoms with Crippen LogP contribution in [0.3, 0.4) is 0 Å². The summed E-state index contributed by atoms with van der Waals surface area (Å²) in [6.45, 7) is 2.32. The second-order valence-corrected chi connectivity index (χ2v) is 8.04. The van der Waals surface area contributed by atoms with E-state index in [0.29, 0.717) is 25.3 Å². The van der Waals surface area contributed by atoms with Crippen LogP contribution in [-0.4, -0.2) is 46.4 Å². The molecular formula is C14H27ClN2O4S. The standard InChI is InChI=1S/C14H26N2O4S.ClH/c1-20-14(17)12-6-2-3-7-13(12)21(18,19)16-10-11-5-4-8-15-9-11;/h11-13,15-16H,2-10H2,1H3;1H. The van der Waals surface area contributed by atoms with Gasteiger partial charge in [0.25, 0.3) is 0 Å². The number of rotatable bonds is 5. The largest absolute Gasteiger partial charge is 0.469 e. The number of halogens is 1. The average molecular weight is 355 g/mol. The number of hydrogen-bond donors (Lipinski definition) is 2. The van der Waals surface area contributed by atoms with Gasteiger partial charge in [0, 0.05) is 6.54 Å². The van der Waals surface area contributed by atoms with Crippen LogP contribution in [0, 0.1) is 11.8 Å². The zero-order chi connectivity index (χ0) is 15.3. The van der Waals surface area contributed by atoms with Gasteiger partial charge in [-0.2, -0.15) is 0 Å². The van der Waals surface area contributed by atoms with Gasteiger partial charge in [0.1, 0.15) is 0 Å². The maximum Gasteiger partial charge on any atom is 0.310 e. The van der Waals surface area contributed by atoms with Crippen molar-refractivity contribution in [3.63, 3.8) is 0 Å². The summed E-state index contributed by atoms with van der Waals surface area (Å²) in [7, 11) is -2.14. The first-order valence-electron chi connectivity index (χ1n) is 7.81. The highest BCUT2D eigenvalue weighted by Gasteiger charge is 2.40. The summed E-state index contributed by atoms with van der Waals surface area (Å²) in [6, 6.07) is 0. The normalized spacial score (nSPS) is 29.4. The first-order valence-corrected chi connectivity index (χ1v) is 9.36. The number of ether oxygens (including phenoxy) is 1. The number of piperidine rings is 1. The molecule has 3 atom stereocenters. The van der Waals surface area contributed by atoms with E-state index < -0.39 is 27.2 Å². The fraction of sp³-hybridized carbons (Fsp3) is 0.929. The van der Waals surface area contributed by atoms with Crippen LogP contribution >= 0.6 is 12.4 Å². The van der Waals surface area contributed by atoms with Crippen LogP contribution in [0.5, 0.6) is 0 Å². The fourth-order valence-corrected chi connectivity index (χ4v) is 5.17. The lowest BCUT2D eigenvalue weighted by atomic mass is 9.89. The molecule has 0 radical (unpaired) electrons. The van der Waals surface area contributed by atoms with E-state index in [4.69, 9.17) is 4.74 Å². The first kappa shape index (κ1) is 19.7. The summed E-state index contributed by atoms with van der Waals surface area (Å²) in [4.78, 5) is 11.8. The molecule has 130 valence electrons. The number of methoxy groups -OCH3 is 1. The molecule has 8 heteroatoms. The molecule has 6 nitrogen and oxygen atoms in total. The molecule has 1 aliphatic carbocycles. The molecular weight excluding hydrogens is 328 g/mol. The molecule has 3 unspecified atom stereocenters. The molecule has 2 N–H and O–H groups in total. The molecule has 1 aliphatic heterocycles. The van der Waals surface area contributed by atoms with Crippen molar-refractivity contribution in [2.75, 3.05) is 26.7 Å². The summed E-state index contributed by atoms with van der Waals surface area (Å²) >= 11 is 0. The molecule has 22 heavy (non-hydrogen) atoms. The Bertz CT molecular complexity index is 452. The lowest BCUT2D eigenvalue weighted by molar-refractivity contribution is -0.146. The van der Waals surface area contributed by atoms with Gasteiger partial charge in [-0.05, 0) is 44.7 Å². The van der Waals surface area contributed by atoms with Crippen molar-refractivity contribution in [2.24, 2.45) is 11.8 Å². The Kier molecular flexibility index (Phi) is 8.10. The number of sulfonamides is 1. The van der Waals surface area contributed by atoms with Gasteiger partial charge in [-0.15, -0.1) is 12.4 Å². The smallest absolute Gasteiger partial charge is 0.310 e. The van der Waals surface area contributed by atoms with E-state index in [-0.39, 0.29) is 12.4 Å². The summed E-state index contributed by atoms with van der Waals surface area (Å²) in [5.41, 5.74) is 0. The Morgan fingerprint density at radius 2 is 1.95 bits per heavy atom. The number of carbonyl (C=O) groups is 1. The van der Waals surface area contributed by atoms with Crippen molar-refractivity contribution in [1.82, 2.24) is 10.0 Å². The number of nitrogens with one attached hydrogen (secondary N) is 2. The number of carbonyl (C=O) groups excluding carboxylic acids is 1. The minimum Gasteiger partial charge on any atom is -0.469 e. The van der Waals surface area contributed by atoms with Crippen molar-refractivity contribution in [3.05, 3.63) is 0 Å². The van der Waals surface area contributed by atoms with Crippen molar-refractivity contribution in [2.45, 2.75) is 43.8 Å². The predicted octanol–water partition coefficient (Wildman–Crippen LogP) is 1.06. The lowest BCUT2D eigenvalue weighted by Crippen LogP contribution is -2.46. The fourth-order valence-electron chi connectivity index (χ4n) is 3.33. The Morgan fingerprint density at radius 3 is 2.59 bits per heavy atom. The van der Waals surface area contributed by atoms with Crippen LogP contribution in [0.4, 0.5) is 0 Å². The summed E-state index contributed by atoms with van der Waals surface area (Å²) in [5.74, 6) is -0.580. The SMILES string of the molecule is COC(=O)C1CCCCC1S(=O)(=O)NCC1CCCNC1.Cl. The van der Waals surface area contributed by atoms with Crippen LogP contribution in [0.2, 0.25) is 0 Å². The molecule has 0 aromatic carbocycles. The number of esters is 1. The molecule has 1 saturated carbocycles. The highest BCUT2D eigenvalue weighted by Crippen LogP contribution is 2.30. The van der Waals surface area contributed by atoms with Gasteiger partial charge >= 0.3 is 5.97 Å². The van der Waals surface area contributed by atoms with Gasteiger partial charge in [-0.3, -0.25) is 4.79 Å². The van der Waals surface area contributed by atoms with Crippen molar-refractivity contribution < 1.29 is 17.9 Å². The van der Waals surface area contributed by atoms with Gasteiger partial charge in [0.2, 0.25) is 10.0 Å². The Labute approximate surface area is 139 Å². The van der Waals surface area contributed by atoms with E-state index in [1.165, 1.54) is 7.11 Å². The summed E-state index contributed by atoms with van der Waals surface area (Å²) in [6.07, 6.45) is 5.00. The quantitative estimate of drug-likeness (QED) is 0.721. The molecule has 2 rings (SSSR count). The third-order valence-corrected chi connectivity index (χ3v) is 6.51. The van der Waals surface area contributed by atoms with Crippen LogP contribution in [0.15, 0.2) is 0 Å². The highest BCUT2D eigenvalue weighted by molar-refractivity contribution is 7.90. The Morgan fingerprint density at radius 1 is 1.23 bits per heavy atom. The van der Waals surface area contributed by atoms with Gasteiger partial charge in [0.15, 0.2) is 0 Å². The third kappa shape index (κ3) is 5.08. The van der Waals surface area contributed by atoms with Crippen molar-refractivity contribution in [3.8, 4) is 0 Å². The van der Waals surface area contributed by atoms with Gasteiger partial charge < -0.3 is 10.1 Å². The molecule has 0 spiro atoms. The van der Waals surface area contributed by atoms with Crippen molar-refractivity contribution >= 4 is 28.4 Å². The average Bonchev–Trinajstić information content (AvgIpc) is 2.53. The van der Waals surface area contributed by atoms with Gasteiger partial charge in [0.05, 0.1) is 18.3 Å². The van der Waals surface area contributed by atoms with Crippen LogP contribution in [0.1, 0.15) is 38.5 Å². The minimum absolute atomic E-state index is 0. The van der Waals surface area contributed by atoms with E-state index >= 15 is 0 Å². The Hall–Kier alpha value is -0.370. The zero-order valence-electron chi connectivity index (χ0n) is 13.0. The first-order chi connectivity index (χ1) is 10.0. The molecule has 2 aliphatic rings. The molecule has 1 saturated heterocycles. The van der Waals surface area contributed by atoms with E-state index in [2.05, 4.69) is 10.0 Å². The molecule has 0 amide bonds. The van der Waals surface area contributed by atoms with E-state index in [0.717, 1.165) is 38.8 Å². The summed E-state index contributed by atoms with van der Waals surface area (Å²) < 4.78 is 32.5. The number of hydrogen-bond acceptors (Lipinski definition) is 5. The van der Waals surface area contributed by atoms with Crippen LogP contribution in [-0.2, 0) is 19.6 Å². The maximum atomic E-state index is 12.5. The van der Waals surface area contributed by atoms with Gasteiger partial charge in [-0.25, -0.2) is 13.1 Å². The van der Waals surface area contributed by atoms with Crippen molar-refractivity contribution in [1.29, 1.82) is 0 Å². The van der Waals surface area contributed by atoms with E-state index in [1.807, 2.05) is 0 Å². The topological polar surface area (TPSA) is 84.5 Å². The van der Waals surface area contributed by atoms with Crippen LogP contribution in [0.25, 0.3) is 0 Å². The van der Waals surface area contributed by atoms with Crippen LogP contribution < -0.4 is 10.0 Å². The second kappa shape index (κ2) is 9.05. The van der Waals surface area contributed by atoms with Gasteiger partial charge in [-0.1, -0.05) is 12.8 Å². The zero-order valence-corrected chi connectivity index (χ0v) is 14.7. The third-order valence-electron chi connectivity index (χ3n) is 4.58. The lowest BCUT2D eigenvalue weighted by Gasteiger charge is -2.30. The monoisotopic (exact) mass is 354 g/mol. The Balaban J connectivity index is 0.00000242. The second-order valence-electron chi connectivity index (χ2n) is 6.06. The molecule has 1 heterocycles. The predicted molar refractivity (Wildman–Crippen MR) is 87.5 cm³/mol. The summed E-state index contributed by atoms with van der Waals surface area (Å²) in [5, 5.41) is 2.63. The van der Waals surface area contributed by atoms with E-state index in [9.17, 15) is 13.2 Å².